The second kappa shape index (κ2) is 13.6. The lowest BCUT2D eigenvalue weighted by Crippen LogP contribution is -2.13. The summed E-state index contributed by atoms with van der Waals surface area (Å²) in [6, 6.07) is 9.81. The summed E-state index contributed by atoms with van der Waals surface area (Å²) in [4.78, 5) is 0. The molecule has 20 heteroatoms. The molecule has 0 bridgehead atoms. The molecule has 0 saturated carbocycles. The van der Waals surface area contributed by atoms with E-state index in [9.17, 15) is 65.9 Å². The summed E-state index contributed by atoms with van der Waals surface area (Å²) in [5.41, 5.74) is -15.8. The SMILES string of the molecule is FC(F)(F)c1cccc(-c2cc(-n3c4cc(C(F)(F)F)ccc4c4ccc(C(F)(F)F)cc43)c(-n3c4cc(C(F)(F)F)ccc4c4ccc(C(F)(F)F)cc43)cc2C(F)(F)F)c1. The first-order valence-corrected chi connectivity index (χ1v) is 17.4. The minimum absolute atomic E-state index is 0.156. The van der Waals surface area contributed by atoms with E-state index in [-0.39, 0.29) is 33.7 Å². The van der Waals surface area contributed by atoms with Crippen molar-refractivity contribution in [2.75, 3.05) is 0 Å². The second-order valence-electron chi connectivity index (χ2n) is 14.1. The molecule has 8 rings (SSSR count). The third-order valence-corrected chi connectivity index (χ3v) is 10.2. The molecule has 0 saturated heterocycles. The quantitative estimate of drug-likeness (QED) is 0.156. The van der Waals surface area contributed by atoms with E-state index in [4.69, 9.17) is 0 Å². The van der Waals surface area contributed by atoms with Gasteiger partial charge in [0.05, 0.1) is 66.8 Å². The van der Waals surface area contributed by atoms with E-state index in [0.717, 1.165) is 30.3 Å². The summed E-state index contributed by atoms with van der Waals surface area (Å²) in [7, 11) is 0. The Morgan fingerprint density at radius 3 is 0.903 bits per heavy atom. The van der Waals surface area contributed by atoms with Crippen LogP contribution in [0, 0.1) is 0 Å². The number of hydrogen-bond acceptors (Lipinski definition) is 0. The number of rotatable bonds is 3. The lowest BCUT2D eigenvalue weighted by molar-refractivity contribution is -0.138. The van der Waals surface area contributed by atoms with Crippen molar-refractivity contribution in [1.82, 2.24) is 9.13 Å². The van der Waals surface area contributed by atoms with Crippen molar-refractivity contribution in [3.8, 4) is 22.5 Å². The lowest BCUT2D eigenvalue weighted by Gasteiger charge is -2.23. The van der Waals surface area contributed by atoms with Crippen LogP contribution in [0.5, 0.6) is 0 Å². The van der Waals surface area contributed by atoms with Gasteiger partial charge in [0.2, 0.25) is 0 Å². The zero-order valence-electron chi connectivity index (χ0n) is 30.1. The highest BCUT2D eigenvalue weighted by Gasteiger charge is 2.40. The molecule has 0 radical (unpaired) electrons. The summed E-state index contributed by atoms with van der Waals surface area (Å²) < 4.78 is 260. The van der Waals surface area contributed by atoms with Crippen LogP contribution in [0.15, 0.2) is 109 Å². The first-order chi connectivity index (χ1) is 28.5. The van der Waals surface area contributed by atoms with Gasteiger partial charge in [-0.05, 0) is 83.9 Å². The van der Waals surface area contributed by atoms with E-state index in [2.05, 4.69) is 0 Å². The monoisotopic (exact) mass is 892 g/mol. The summed E-state index contributed by atoms with van der Waals surface area (Å²) in [5, 5.41) is -1.09. The van der Waals surface area contributed by atoms with Crippen molar-refractivity contribution >= 4 is 43.6 Å². The van der Waals surface area contributed by atoms with Gasteiger partial charge in [0.15, 0.2) is 0 Å². The van der Waals surface area contributed by atoms with Gasteiger partial charge in [-0.2, -0.15) is 79.0 Å². The molecule has 0 fully saturated rings. The summed E-state index contributed by atoms with van der Waals surface area (Å²) in [5.74, 6) is 0. The number of hydrogen-bond donors (Lipinski definition) is 0. The molecule has 0 N–H and O–H groups in total. The molecule has 6 aromatic carbocycles. The fourth-order valence-electron chi connectivity index (χ4n) is 7.53. The molecule has 0 aliphatic heterocycles. The zero-order valence-corrected chi connectivity index (χ0v) is 30.1. The molecule has 0 spiro atoms. The van der Waals surface area contributed by atoms with Crippen LogP contribution in [0.4, 0.5) is 79.0 Å². The Morgan fingerprint density at radius 1 is 0.290 bits per heavy atom. The molecular weight excluding hydrogens is 874 g/mol. The number of halogens is 18. The maximum absolute atomic E-state index is 15.3. The van der Waals surface area contributed by atoms with Crippen molar-refractivity contribution in [1.29, 1.82) is 0 Å². The zero-order chi connectivity index (χ0) is 45.3. The van der Waals surface area contributed by atoms with Gasteiger partial charge in [-0.1, -0.05) is 36.4 Å². The lowest BCUT2D eigenvalue weighted by atomic mass is 9.95. The van der Waals surface area contributed by atoms with E-state index in [1.165, 1.54) is 0 Å². The van der Waals surface area contributed by atoms with Crippen LogP contribution >= 0.6 is 0 Å². The predicted octanol–water partition coefficient (Wildman–Crippen LogP) is 15.7. The van der Waals surface area contributed by atoms with Gasteiger partial charge in [-0.25, -0.2) is 0 Å². The fourth-order valence-corrected chi connectivity index (χ4v) is 7.53. The number of alkyl halides is 18. The van der Waals surface area contributed by atoms with Gasteiger partial charge in [-0.15, -0.1) is 0 Å². The van der Waals surface area contributed by atoms with Crippen LogP contribution < -0.4 is 0 Å². The maximum Gasteiger partial charge on any atom is 0.417 e. The molecule has 0 aliphatic rings. The van der Waals surface area contributed by atoms with Gasteiger partial charge >= 0.3 is 37.1 Å². The Balaban J connectivity index is 1.66. The normalized spacial score (nSPS) is 13.6. The van der Waals surface area contributed by atoms with E-state index in [1.54, 1.807) is 0 Å². The van der Waals surface area contributed by atoms with Crippen molar-refractivity contribution < 1.29 is 79.0 Å². The minimum atomic E-state index is -5.60. The molecule has 8 aromatic rings. The Hall–Kier alpha value is -6.34. The molecule has 0 amide bonds. The summed E-state index contributed by atoms with van der Waals surface area (Å²) in [6.45, 7) is 0. The first kappa shape index (κ1) is 42.4. The number of fused-ring (bicyclic) bond motifs is 6. The number of benzene rings is 6. The molecular formula is C42H18F18N2. The third-order valence-electron chi connectivity index (χ3n) is 10.2. The molecule has 2 nitrogen and oxygen atoms in total. The Bertz CT molecular complexity index is 2950. The molecule has 2 heterocycles. The second-order valence-corrected chi connectivity index (χ2v) is 14.1. The summed E-state index contributed by atoms with van der Waals surface area (Å²) >= 11 is 0. The Kier molecular flexibility index (Phi) is 9.28. The fraction of sp³-hybridized carbons (Fsp3) is 0.143. The number of aromatic nitrogens is 2. The molecule has 322 valence electrons. The van der Waals surface area contributed by atoms with E-state index in [1.807, 2.05) is 0 Å². The smallest absolute Gasteiger partial charge is 0.307 e. The highest BCUT2D eigenvalue weighted by atomic mass is 19.4. The average Bonchev–Trinajstić information content (AvgIpc) is 3.66. The van der Waals surface area contributed by atoms with Gasteiger partial charge in [0, 0.05) is 21.5 Å². The first-order valence-electron chi connectivity index (χ1n) is 17.4. The highest BCUT2D eigenvalue weighted by Crippen LogP contribution is 2.48. The van der Waals surface area contributed by atoms with E-state index in [0.29, 0.717) is 75.9 Å². The Morgan fingerprint density at radius 2 is 0.597 bits per heavy atom. The van der Waals surface area contributed by atoms with Crippen molar-refractivity contribution in [3.05, 3.63) is 143 Å². The maximum atomic E-state index is 15.3. The van der Waals surface area contributed by atoms with Gasteiger partial charge < -0.3 is 9.13 Å². The van der Waals surface area contributed by atoms with Gasteiger partial charge in [-0.3, -0.25) is 0 Å². The molecule has 2 aromatic heterocycles. The van der Waals surface area contributed by atoms with Crippen LogP contribution in [0.2, 0.25) is 0 Å². The standard InChI is InChI=1S/C42H18F18N2/c43-37(44,45)20-3-1-2-19(12-20)29-17-35(61-31-13-21(38(46,47)48)4-8-25(31)26-9-5-22(14-32(26)61)39(49,50)51)36(18-30(29)42(58,59)60)62-33-15-23(40(52,53)54)6-10-27(33)28-11-7-24(16-34(28)62)41(55,56)57/h1-18H. The molecule has 0 unspecified atom stereocenters. The van der Waals surface area contributed by atoms with Crippen molar-refractivity contribution in [2.45, 2.75) is 37.1 Å². The van der Waals surface area contributed by atoms with Crippen LogP contribution in [0.1, 0.15) is 33.4 Å². The molecule has 0 aliphatic carbocycles. The van der Waals surface area contributed by atoms with E-state index >= 15 is 13.2 Å². The Labute approximate surface area is 333 Å². The summed E-state index contributed by atoms with van der Waals surface area (Å²) in [6.07, 6.45) is -31.5. The minimum Gasteiger partial charge on any atom is -0.307 e. The van der Waals surface area contributed by atoms with Crippen molar-refractivity contribution in [2.24, 2.45) is 0 Å². The van der Waals surface area contributed by atoms with Crippen LogP contribution in [0.25, 0.3) is 66.1 Å². The van der Waals surface area contributed by atoms with Gasteiger partial charge in [0.25, 0.3) is 0 Å². The molecule has 62 heavy (non-hydrogen) atoms. The van der Waals surface area contributed by atoms with Crippen LogP contribution in [-0.2, 0) is 37.1 Å². The topological polar surface area (TPSA) is 9.86 Å². The average molecular weight is 893 g/mol. The number of nitrogens with zero attached hydrogens (tertiary/aromatic N) is 2. The van der Waals surface area contributed by atoms with Crippen molar-refractivity contribution in [3.63, 3.8) is 0 Å². The van der Waals surface area contributed by atoms with Gasteiger partial charge in [0.1, 0.15) is 0 Å². The highest BCUT2D eigenvalue weighted by molar-refractivity contribution is 6.12. The van der Waals surface area contributed by atoms with E-state index < -0.39 is 115 Å². The largest absolute Gasteiger partial charge is 0.417 e. The van der Waals surface area contributed by atoms with Crippen LogP contribution in [-0.4, -0.2) is 9.13 Å². The van der Waals surface area contributed by atoms with Crippen LogP contribution in [0.3, 0.4) is 0 Å². The molecule has 0 atom stereocenters. The third kappa shape index (κ3) is 7.21. The predicted molar refractivity (Wildman–Crippen MR) is 191 cm³/mol.